The van der Waals surface area contributed by atoms with Crippen molar-refractivity contribution in [2.24, 2.45) is 0 Å². The molecule has 0 atom stereocenters. The van der Waals surface area contributed by atoms with Crippen molar-refractivity contribution in [1.82, 2.24) is 0 Å². The summed E-state index contributed by atoms with van der Waals surface area (Å²) in [5.41, 5.74) is 13.8. The van der Waals surface area contributed by atoms with E-state index >= 15 is 0 Å². The maximum Gasteiger partial charge on any atom is 0.416 e. The fourth-order valence-corrected chi connectivity index (χ4v) is 4.13. The molecule has 0 unspecified atom stereocenters. The van der Waals surface area contributed by atoms with Crippen molar-refractivity contribution in [3.05, 3.63) is 92.5 Å². The van der Waals surface area contributed by atoms with E-state index in [1.54, 1.807) is 52.0 Å². The summed E-state index contributed by atoms with van der Waals surface area (Å²) in [6, 6.07) is 8.47. The zero-order valence-corrected chi connectivity index (χ0v) is 18.5. The first-order valence-electron chi connectivity index (χ1n) is 10.1. The van der Waals surface area contributed by atoms with Crippen LogP contribution in [-0.4, -0.2) is 0 Å². The van der Waals surface area contributed by atoms with Crippen molar-refractivity contribution in [3.8, 4) is 0 Å². The lowest BCUT2D eigenvalue weighted by molar-refractivity contribution is -0.143. The Hall–Kier alpha value is -3.16. The summed E-state index contributed by atoms with van der Waals surface area (Å²) in [6.45, 7) is 6.94. The first kappa shape index (κ1) is 24.5. The second kappa shape index (κ2) is 8.32. The molecule has 0 saturated carbocycles. The van der Waals surface area contributed by atoms with Crippen LogP contribution in [0.25, 0.3) is 0 Å². The van der Waals surface area contributed by atoms with Crippen molar-refractivity contribution < 1.29 is 26.3 Å². The monoisotopic (exact) mass is 466 g/mol. The van der Waals surface area contributed by atoms with Crippen molar-refractivity contribution in [1.29, 1.82) is 0 Å². The van der Waals surface area contributed by atoms with Crippen molar-refractivity contribution in [3.63, 3.8) is 0 Å². The standard InChI is InChI=1S/C25H24F6N2/c1-12-7-16(8-13(2)22(12)32)21(17-9-14(3)23(33)15(4)10-17)19-6-5-18(24(26,27)28)11-20(19)25(29,30)31/h5-11,21H,32-33H2,1-4H3. The molecule has 3 rings (SSSR count). The van der Waals surface area contributed by atoms with Gasteiger partial charge in [-0.05, 0) is 78.8 Å². The van der Waals surface area contributed by atoms with Crippen LogP contribution in [0.15, 0.2) is 42.5 Å². The Morgan fingerprint density at radius 2 is 1.00 bits per heavy atom. The molecule has 4 N–H and O–H groups in total. The van der Waals surface area contributed by atoms with Gasteiger partial charge in [-0.3, -0.25) is 0 Å². The van der Waals surface area contributed by atoms with E-state index in [4.69, 9.17) is 11.5 Å². The number of halogens is 6. The fourth-order valence-electron chi connectivity index (χ4n) is 4.13. The van der Waals surface area contributed by atoms with E-state index in [9.17, 15) is 26.3 Å². The maximum absolute atomic E-state index is 14.0. The Balaban J connectivity index is 2.41. The lowest BCUT2D eigenvalue weighted by atomic mass is 9.80. The van der Waals surface area contributed by atoms with Gasteiger partial charge in [0.2, 0.25) is 0 Å². The van der Waals surface area contributed by atoms with E-state index in [1.165, 1.54) is 0 Å². The van der Waals surface area contributed by atoms with Crippen LogP contribution in [0.1, 0.15) is 56.0 Å². The minimum absolute atomic E-state index is 0.177. The summed E-state index contributed by atoms with van der Waals surface area (Å²) in [7, 11) is 0. The Morgan fingerprint density at radius 3 is 1.33 bits per heavy atom. The maximum atomic E-state index is 14.0. The third kappa shape index (κ3) is 4.79. The van der Waals surface area contributed by atoms with Crippen molar-refractivity contribution >= 4 is 11.4 Å². The molecule has 0 heterocycles. The second-order valence-electron chi connectivity index (χ2n) is 8.37. The number of benzene rings is 3. The molecule has 0 aliphatic heterocycles. The predicted molar refractivity (Wildman–Crippen MR) is 118 cm³/mol. The highest BCUT2D eigenvalue weighted by Gasteiger charge is 2.40. The summed E-state index contributed by atoms with van der Waals surface area (Å²) in [6.07, 6.45) is -9.90. The molecule has 8 heteroatoms. The van der Waals surface area contributed by atoms with Crippen LogP contribution in [0.2, 0.25) is 0 Å². The Bertz CT molecular complexity index is 1100. The fraction of sp³-hybridized carbons (Fsp3) is 0.280. The zero-order chi connectivity index (χ0) is 24.9. The SMILES string of the molecule is Cc1cc(C(c2cc(C)c(N)c(C)c2)c2ccc(C(F)(F)F)cc2C(F)(F)F)cc(C)c1N. The molecule has 0 bridgehead atoms. The molecule has 0 radical (unpaired) electrons. The average Bonchev–Trinajstić information content (AvgIpc) is 2.69. The number of nitrogen functional groups attached to an aromatic ring is 2. The molecule has 3 aromatic rings. The van der Waals surface area contributed by atoms with Crippen LogP contribution in [0, 0.1) is 27.7 Å². The lowest BCUT2D eigenvalue weighted by Crippen LogP contribution is -2.17. The van der Waals surface area contributed by atoms with Crippen molar-refractivity contribution in [2.45, 2.75) is 46.0 Å². The van der Waals surface area contributed by atoms with Gasteiger partial charge in [-0.15, -0.1) is 0 Å². The molecular formula is C25H24F6N2. The first-order valence-corrected chi connectivity index (χ1v) is 10.1. The Kier molecular flexibility index (Phi) is 6.17. The van der Waals surface area contributed by atoms with Gasteiger partial charge >= 0.3 is 12.4 Å². The molecule has 0 aliphatic rings. The largest absolute Gasteiger partial charge is 0.416 e. The van der Waals surface area contributed by atoms with Gasteiger partial charge in [0.1, 0.15) is 0 Å². The molecule has 0 saturated heterocycles. The normalized spacial score (nSPS) is 12.5. The van der Waals surface area contributed by atoms with Gasteiger partial charge in [-0.2, -0.15) is 26.3 Å². The number of nitrogens with two attached hydrogens (primary N) is 2. The zero-order valence-electron chi connectivity index (χ0n) is 18.5. The Morgan fingerprint density at radius 1 is 0.606 bits per heavy atom. The number of rotatable bonds is 3. The predicted octanol–water partition coefficient (Wildman–Crippen LogP) is 7.30. The molecule has 3 aromatic carbocycles. The van der Waals surface area contributed by atoms with E-state index < -0.39 is 29.4 Å². The van der Waals surface area contributed by atoms with Gasteiger partial charge in [0.15, 0.2) is 0 Å². The lowest BCUT2D eigenvalue weighted by Gasteiger charge is -2.26. The van der Waals surface area contributed by atoms with Crippen LogP contribution in [0.4, 0.5) is 37.7 Å². The van der Waals surface area contributed by atoms with E-state index in [2.05, 4.69) is 0 Å². The van der Waals surface area contributed by atoms with Gasteiger partial charge in [0.25, 0.3) is 0 Å². The number of anilines is 2. The highest BCUT2D eigenvalue weighted by atomic mass is 19.4. The number of hydrogen-bond donors (Lipinski definition) is 2. The van der Waals surface area contributed by atoms with Crippen LogP contribution in [0.5, 0.6) is 0 Å². The van der Waals surface area contributed by atoms with Gasteiger partial charge in [-0.1, -0.05) is 30.3 Å². The van der Waals surface area contributed by atoms with E-state index in [0.717, 1.165) is 6.07 Å². The van der Waals surface area contributed by atoms with Gasteiger partial charge in [-0.25, -0.2) is 0 Å². The van der Waals surface area contributed by atoms with Crippen molar-refractivity contribution in [2.75, 3.05) is 11.5 Å². The van der Waals surface area contributed by atoms with Crippen LogP contribution >= 0.6 is 0 Å². The van der Waals surface area contributed by atoms with E-state index in [1.807, 2.05) is 0 Å². The molecule has 0 aromatic heterocycles. The van der Waals surface area contributed by atoms with Crippen LogP contribution in [0.3, 0.4) is 0 Å². The highest BCUT2D eigenvalue weighted by Crippen LogP contribution is 2.44. The Labute approximate surface area is 188 Å². The van der Waals surface area contributed by atoms with E-state index in [-0.39, 0.29) is 11.6 Å². The molecule has 0 aliphatic carbocycles. The van der Waals surface area contributed by atoms with Gasteiger partial charge in [0, 0.05) is 17.3 Å². The summed E-state index contributed by atoms with van der Waals surface area (Å²) < 4.78 is 81.9. The molecule has 0 spiro atoms. The summed E-state index contributed by atoms with van der Waals surface area (Å²) in [5, 5.41) is 0. The number of hydrogen-bond acceptors (Lipinski definition) is 2. The topological polar surface area (TPSA) is 52.0 Å². The minimum Gasteiger partial charge on any atom is -0.398 e. The molecule has 0 amide bonds. The molecule has 2 nitrogen and oxygen atoms in total. The summed E-state index contributed by atoms with van der Waals surface area (Å²) in [4.78, 5) is 0. The number of alkyl halides is 6. The molecule has 33 heavy (non-hydrogen) atoms. The summed E-state index contributed by atoms with van der Waals surface area (Å²) in [5.74, 6) is -0.986. The smallest absolute Gasteiger partial charge is 0.398 e. The second-order valence-corrected chi connectivity index (χ2v) is 8.37. The van der Waals surface area contributed by atoms with Gasteiger partial charge in [0.05, 0.1) is 11.1 Å². The molecular weight excluding hydrogens is 442 g/mol. The number of aryl methyl sites for hydroxylation is 4. The average molecular weight is 466 g/mol. The quantitative estimate of drug-likeness (QED) is 0.242. The third-order valence-electron chi connectivity index (χ3n) is 5.90. The summed E-state index contributed by atoms with van der Waals surface area (Å²) >= 11 is 0. The van der Waals surface area contributed by atoms with Crippen LogP contribution < -0.4 is 11.5 Å². The first-order chi connectivity index (χ1) is 15.1. The highest BCUT2D eigenvalue weighted by molar-refractivity contribution is 5.61. The third-order valence-corrected chi connectivity index (χ3v) is 5.90. The molecule has 0 fully saturated rings. The van der Waals surface area contributed by atoms with Gasteiger partial charge < -0.3 is 11.5 Å². The van der Waals surface area contributed by atoms with Crippen LogP contribution in [-0.2, 0) is 12.4 Å². The van der Waals surface area contributed by atoms with E-state index in [0.29, 0.717) is 50.8 Å². The minimum atomic E-state index is -5.00. The molecule has 176 valence electrons.